The predicted octanol–water partition coefficient (Wildman–Crippen LogP) is 3.79. The first kappa shape index (κ1) is 19.5. The smallest absolute Gasteiger partial charge is 0.154 e. The Kier molecular flexibility index (Phi) is 6.19. The van der Waals surface area contributed by atoms with Crippen LogP contribution in [0.25, 0.3) is 0 Å². The molecule has 3 N–H and O–H groups in total. The maximum atomic E-state index is 9.08. The molecule has 27 heavy (non-hydrogen) atoms. The van der Waals surface area contributed by atoms with Crippen molar-refractivity contribution in [3.63, 3.8) is 0 Å². The van der Waals surface area contributed by atoms with E-state index >= 15 is 0 Å². The molecule has 2 aromatic rings. The van der Waals surface area contributed by atoms with E-state index in [1.165, 1.54) is 0 Å². The molecular weight excluding hydrogens is 358 g/mol. The number of thioether (sulfide) groups is 1. The summed E-state index contributed by atoms with van der Waals surface area (Å²) in [5, 5.41) is 14.0. The van der Waals surface area contributed by atoms with E-state index in [2.05, 4.69) is 29.2 Å². The molecule has 1 atom stereocenters. The molecule has 6 heteroatoms. The molecular formula is C21H25N3O2S. The summed E-state index contributed by atoms with van der Waals surface area (Å²) in [4.78, 5) is 10.2. The van der Waals surface area contributed by atoms with Gasteiger partial charge in [-0.2, -0.15) is 0 Å². The van der Waals surface area contributed by atoms with Crippen molar-refractivity contribution in [2.75, 3.05) is 5.75 Å². The summed E-state index contributed by atoms with van der Waals surface area (Å²) in [6.45, 7) is 4.49. The van der Waals surface area contributed by atoms with Gasteiger partial charge in [-0.25, -0.2) is 0 Å². The van der Waals surface area contributed by atoms with Crippen molar-refractivity contribution in [1.82, 2.24) is 0 Å². The highest BCUT2D eigenvalue weighted by atomic mass is 32.2. The van der Waals surface area contributed by atoms with Gasteiger partial charge in [0.15, 0.2) is 5.17 Å². The molecule has 3 rings (SSSR count). The highest BCUT2D eigenvalue weighted by molar-refractivity contribution is 8.13. The fourth-order valence-corrected chi connectivity index (χ4v) is 3.95. The van der Waals surface area contributed by atoms with Crippen LogP contribution in [-0.4, -0.2) is 21.7 Å². The number of amidine groups is 1. The van der Waals surface area contributed by atoms with Crippen LogP contribution in [0.15, 0.2) is 58.7 Å². The van der Waals surface area contributed by atoms with Crippen molar-refractivity contribution in [1.29, 1.82) is 0 Å². The number of aliphatic hydroxyl groups excluding tert-OH is 1. The molecule has 0 saturated heterocycles. The molecule has 1 aliphatic heterocycles. The van der Waals surface area contributed by atoms with Crippen LogP contribution in [0.3, 0.4) is 0 Å². The number of aliphatic hydroxyl groups is 1. The number of nitrogens with zero attached hydrogens (tertiary/aromatic N) is 2. The molecule has 1 aliphatic rings. The van der Waals surface area contributed by atoms with Crippen molar-refractivity contribution in [2.24, 2.45) is 15.9 Å². The minimum Gasteiger partial charge on any atom is -0.392 e. The van der Waals surface area contributed by atoms with E-state index in [1.807, 2.05) is 43.3 Å². The summed E-state index contributed by atoms with van der Waals surface area (Å²) >= 11 is 1.61. The van der Waals surface area contributed by atoms with Gasteiger partial charge in [-0.3, -0.25) is 4.99 Å². The third kappa shape index (κ3) is 4.90. The van der Waals surface area contributed by atoms with Crippen LogP contribution in [0.2, 0.25) is 0 Å². The zero-order valence-corrected chi connectivity index (χ0v) is 16.5. The maximum absolute atomic E-state index is 9.08. The Morgan fingerprint density at radius 2 is 2.00 bits per heavy atom. The van der Waals surface area contributed by atoms with Crippen molar-refractivity contribution in [2.45, 2.75) is 39.0 Å². The van der Waals surface area contributed by atoms with Crippen LogP contribution in [0.4, 0.5) is 0 Å². The molecule has 0 amide bonds. The van der Waals surface area contributed by atoms with Gasteiger partial charge in [0.2, 0.25) is 0 Å². The lowest BCUT2D eigenvalue weighted by Crippen LogP contribution is -2.28. The topological polar surface area (TPSA) is 80.2 Å². The normalized spacial score (nSPS) is 20.3. The van der Waals surface area contributed by atoms with Crippen molar-refractivity contribution < 1.29 is 9.94 Å². The average molecular weight is 384 g/mol. The highest BCUT2D eigenvalue weighted by Crippen LogP contribution is 2.35. The summed E-state index contributed by atoms with van der Waals surface area (Å²) < 4.78 is 0. The Labute approximate surface area is 164 Å². The molecule has 0 radical (unpaired) electrons. The van der Waals surface area contributed by atoms with Gasteiger partial charge in [0.25, 0.3) is 0 Å². The minimum absolute atomic E-state index is 0.0437. The standard InChI is InChI=1S/C21H25N3O2S/c1-15(24-26-14-17-8-6-16(13-25)7-9-17)18-4-3-5-19(12-18)21(2)10-11-27-20(22)23-21/h3-9,12,25H,10-11,13-14H2,1-2H3,(H2,22,23). The second-order valence-corrected chi connectivity index (χ2v) is 7.94. The largest absolute Gasteiger partial charge is 0.392 e. The summed E-state index contributed by atoms with van der Waals surface area (Å²) in [5.41, 5.74) is 10.5. The molecule has 2 aromatic carbocycles. The van der Waals surface area contributed by atoms with Crippen molar-refractivity contribution in [3.8, 4) is 0 Å². The number of benzene rings is 2. The van der Waals surface area contributed by atoms with Gasteiger partial charge in [0, 0.05) is 5.75 Å². The average Bonchev–Trinajstić information content (AvgIpc) is 2.68. The molecule has 0 saturated carbocycles. The number of oxime groups is 1. The first-order valence-electron chi connectivity index (χ1n) is 8.94. The zero-order valence-electron chi connectivity index (χ0n) is 15.7. The Bertz CT molecular complexity index is 849. The number of rotatable bonds is 6. The molecule has 0 aromatic heterocycles. The van der Waals surface area contributed by atoms with E-state index in [0.29, 0.717) is 11.8 Å². The number of nitrogens with two attached hydrogens (primary N) is 1. The van der Waals surface area contributed by atoms with Gasteiger partial charge in [-0.05, 0) is 48.6 Å². The van der Waals surface area contributed by atoms with Crippen LogP contribution in [0.1, 0.15) is 42.5 Å². The fraction of sp³-hybridized carbons (Fsp3) is 0.333. The Balaban J connectivity index is 1.70. The van der Waals surface area contributed by atoms with E-state index in [4.69, 9.17) is 15.7 Å². The summed E-state index contributed by atoms with van der Waals surface area (Å²) in [6, 6.07) is 15.9. The molecule has 0 fully saturated rings. The third-order valence-electron chi connectivity index (χ3n) is 4.74. The molecule has 1 heterocycles. The monoisotopic (exact) mass is 383 g/mol. The first-order valence-corrected chi connectivity index (χ1v) is 9.93. The highest BCUT2D eigenvalue weighted by Gasteiger charge is 2.29. The fourth-order valence-electron chi connectivity index (χ4n) is 2.97. The van der Waals surface area contributed by atoms with Crippen LogP contribution in [0, 0.1) is 0 Å². The number of aliphatic imine (C=N–C) groups is 1. The van der Waals surface area contributed by atoms with Crippen molar-refractivity contribution >= 4 is 22.6 Å². The van der Waals surface area contributed by atoms with Gasteiger partial charge in [-0.15, -0.1) is 0 Å². The SMILES string of the molecule is CC(=NOCc1ccc(CO)cc1)c1cccc(C2(C)CCSC(N)=N2)c1. The maximum Gasteiger partial charge on any atom is 0.154 e. The van der Waals surface area contributed by atoms with Crippen LogP contribution >= 0.6 is 11.8 Å². The first-order chi connectivity index (χ1) is 13.0. The predicted molar refractivity (Wildman–Crippen MR) is 112 cm³/mol. The molecule has 1 unspecified atom stereocenters. The van der Waals surface area contributed by atoms with Gasteiger partial charge in [-0.1, -0.05) is 59.4 Å². The van der Waals surface area contributed by atoms with Crippen LogP contribution in [0.5, 0.6) is 0 Å². The Morgan fingerprint density at radius 3 is 2.70 bits per heavy atom. The summed E-state index contributed by atoms with van der Waals surface area (Å²) in [7, 11) is 0. The second kappa shape index (κ2) is 8.59. The minimum atomic E-state index is -0.291. The summed E-state index contributed by atoms with van der Waals surface area (Å²) in [5.74, 6) is 0.974. The van der Waals surface area contributed by atoms with E-state index < -0.39 is 0 Å². The molecule has 0 spiro atoms. The quantitative estimate of drug-likeness (QED) is 0.587. The van der Waals surface area contributed by atoms with Crippen molar-refractivity contribution in [3.05, 3.63) is 70.8 Å². The van der Waals surface area contributed by atoms with Gasteiger partial charge in [0.05, 0.1) is 17.9 Å². The van der Waals surface area contributed by atoms with Gasteiger partial charge in [0.1, 0.15) is 6.61 Å². The lowest BCUT2D eigenvalue weighted by molar-refractivity contribution is 0.130. The van der Waals surface area contributed by atoms with E-state index in [-0.39, 0.29) is 12.1 Å². The van der Waals surface area contributed by atoms with Crippen LogP contribution < -0.4 is 5.73 Å². The second-order valence-electron chi connectivity index (χ2n) is 6.83. The molecule has 0 aliphatic carbocycles. The number of hydrogen-bond donors (Lipinski definition) is 2. The molecule has 5 nitrogen and oxygen atoms in total. The molecule has 142 valence electrons. The lowest BCUT2D eigenvalue weighted by atomic mass is 9.88. The Morgan fingerprint density at radius 1 is 1.26 bits per heavy atom. The Hall–Kier alpha value is -2.31. The lowest BCUT2D eigenvalue weighted by Gasteiger charge is -2.30. The summed E-state index contributed by atoms with van der Waals surface area (Å²) in [6.07, 6.45) is 0.957. The van der Waals surface area contributed by atoms with E-state index in [1.54, 1.807) is 11.8 Å². The van der Waals surface area contributed by atoms with E-state index in [9.17, 15) is 0 Å². The van der Waals surface area contributed by atoms with Gasteiger partial charge >= 0.3 is 0 Å². The third-order valence-corrected chi connectivity index (χ3v) is 5.53. The van der Waals surface area contributed by atoms with E-state index in [0.717, 1.165) is 40.1 Å². The number of hydrogen-bond acceptors (Lipinski definition) is 6. The zero-order chi connectivity index (χ0) is 19.3. The van der Waals surface area contributed by atoms with Crippen LogP contribution in [-0.2, 0) is 23.6 Å². The molecule has 0 bridgehead atoms. The van der Waals surface area contributed by atoms with Gasteiger partial charge < -0.3 is 15.7 Å².